The fourth-order valence-corrected chi connectivity index (χ4v) is 13.8. The van der Waals surface area contributed by atoms with Gasteiger partial charge in [-0.05, 0) is 6.42 Å². The van der Waals surface area contributed by atoms with Gasteiger partial charge in [-0.1, -0.05) is 18.3 Å². The minimum atomic E-state index is -6.25. The number of nitrogens with two attached hydrogens (primary N) is 3. The van der Waals surface area contributed by atoms with Crippen molar-refractivity contribution in [3.05, 3.63) is 46.0 Å². The number of nitrogens with one attached hydrogen (secondary N) is 2. The zero-order valence-electron chi connectivity index (χ0n) is 43.7. The lowest BCUT2D eigenvalue weighted by molar-refractivity contribution is -0.745. The Morgan fingerprint density at radius 1 is 0.735 bits per heavy atom. The molecule has 15 N–H and O–H groups in total. The van der Waals surface area contributed by atoms with Crippen LogP contribution in [0, 0.1) is 5.92 Å². The van der Waals surface area contributed by atoms with Crippen LogP contribution in [0.2, 0.25) is 0 Å². The van der Waals surface area contributed by atoms with Gasteiger partial charge in [-0.2, -0.15) is 13.6 Å². The number of imidazole rings is 3. The predicted molar refractivity (Wildman–Crippen MR) is 274 cm³/mol. The monoisotopic (exact) mass is 1260 g/mol. The zero-order chi connectivity index (χ0) is 60.2. The second-order valence-electron chi connectivity index (χ2n) is 19.1. The van der Waals surface area contributed by atoms with Crippen LogP contribution in [0.4, 0.5) is 17.7 Å². The number of aliphatic hydroxyl groups is 3. The minimum absolute atomic E-state index is 0.00759. The fourth-order valence-electron chi connectivity index (χ4n) is 9.30. The van der Waals surface area contributed by atoms with Gasteiger partial charge >= 0.3 is 36.9 Å². The maximum Gasteiger partial charge on any atom is 0.490 e. The molecule has 83 heavy (non-hydrogen) atoms. The van der Waals surface area contributed by atoms with Crippen molar-refractivity contribution >= 4 is 88.4 Å². The summed E-state index contributed by atoms with van der Waals surface area (Å²) in [5.41, 5.74) is 15.7. The molecule has 0 radical (unpaired) electrons. The molecule has 0 saturated carbocycles. The number of nitrogens with zero attached hydrogens (tertiary/aromatic N) is 11. The van der Waals surface area contributed by atoms with Crippen LogP contribution in [-0.2, 0) is 75.8 Å². The Labute approximate surface area is 464 Å². The molecule has 0 aromatic carbocycles. The molecule has 3 aliphatic heterocycles. The molecule has 0 aliphatic carbocycles. The first-order valence-electron chi connectivity index (χ1n) is 24.6. The molecule has 3 saturated heterocycles. The second kappa shape index (κ2) is 24.0. The van der Waals surface area contributed by atoms with E-state index in [1.807, 2.05) is 6.92 Å². The van der Waals surface area contributed by atoms with Crippen molar-refractivity contribution in [3.8, 4) is 0 Å². The van der Waals surface area contributed by atoms with Crippen molar-refractivity contribution in [1.82, 2.24) is 58.5 Å². The van der Waals surface area contributed by atoms with Crippen molar-refractivity contribution in [2.45, 2.75) is 93.7 Å². The van der Waals surface area contributed by atoms with E-state index in [9.17, 15) is 67.5 Å². The molecule has 6 aromatic heterocycles. The average Bonchev–Trinajstić information content (AvgIpc) is 4.47. The number of unbranched alkanes of at least 4 members (excludes halogenated alkanes) is 1. The van der Waals surface area contributed by atoms with Crippen LogP contribution >= 0.6 is 31.3 Å². The lowest BCUT2D eigenvalue weighted by atomic mass is 9.94. The number of fused-ring (bicyclic) bond motifs is 3. The number of carbonyl (C=O) groups is 1. The summed E-state index contributed by atoms with van der Waals surface area (Å²) >= 11 is 0. The molecule has 40 nitrogen and oxygen atoms in total. The molecule has 16 atom stereocenters. The van der Waals surface area contributed by atoms with E-state index >= 15 is 0 Å². The molecule has 9 heterocycles. The summed E-state index contributed by atoms with van der Waals surface area (Å²) in [6, 6.07) is 0. The van der Waals surface area contributed by atoms with Gasteiger partial charge in [-0.25, -0.2) is 42.8 Å². The van der Waals surface area contributed by atoms with Crippen LogP contribution in [0.3, 0.4) is 0 Å². The Kier molecular flexibility index (Phi) is 17.9. The number of H-pyrrole nitrogens is 2. The summed E-state index contributed by atoms with van der Waals surface area (Å²) in [4.78, 5) is 112. The normalized spacial score (nSPS) is 28.6. The largest absolute Gasteiger partial charge is 0.490 e. The number of aliphatic hydroxyl groups excluding tert-OH is 3. The first-order chi connectivity index (χ1) is 39.0. The quantitative estimate of drug-likeness (QED) is 0.0165. The summed E-state index contributed by atoms with van der Waals surface area (Å²) in [5, 5.41) is 33.4. The maximum absolute atomic E-state index is 14.0. The Hall–Kier alpha value is -5.64. The molecule has 456 valence electrons. The average molecular weight is 1260 g/mol. The molecule has 1 amide bonds. The van der Waals surface area contributed by atoms with E-state index in [2.05, 4.69) is 48.5 Å². The van der Waals surface area contributed by atoms with Crippen molar-refractivity contribution in [3.63, 3.8) is 0 Å². The Balaban J connectivity index is 0.901. The van der Waals surface area contributed by atoms with Crippen LogP contribution in [0.15, 0.2) is 34.9 Å². The van der Waals surface area contributed by atoms with Gasteiger partial charge in [-0.3, -0.25) is 56.1 Å². The number of hydrogen-bond donors (Lipinski definition) is 12. The number of phosphoric acid groups is 4. The Bertz CT molecular complexity index is 3710. The molecule has 0 spiro atoms. The molecular weight excluding hydrogens is 1200 g/mol. The van der Waals surface area contributed by atoms with Gasteiger partial charge in [0, 0.05) is 33.0 Å². The first kappa shape index (κ1) is 61.9. The lowest BCUT2D eigenvalue weighted by Gasteiger charge is -2.27. The number of anilines is 3. The summed E-state index contributed by atoms with van der Waals surface area (Å²) in [7, 11) is -19.4. The molecule has 0 bridgehead atoms. The van der Waals surface area contributed by atoms with E-state index in [0.29, 0.717) is 12.8 Å². The van der Waals surface area contributed by atoms with Crippen molar-refractivity contribution in [2.24, 2.45) is 13.0 Å². The number of hydrogen-bond acceptors (Lipinski definition) is 29. The molecule has 9 rings (SSSR count). The third-order valence-electron chi connectivity index (χ3n) is 13.2. The van der Waals surface area contributed by atoms with Gasteiger partial charge in [0.05, 0.1) is 45.6 Å². The van der Waals surface area contributed by atoms with E-state index in [1.54, 1.807) is 0 Å². The number of amides is 1. The first-order valence-corrected chi connectivity index (χ1v) is 30.5. The minimum Gasteiger partial charge on any atom is -0.387 e. The number of carbonyl (C=O) groups excluding carboxylic acids is 1. The Morgan fingerprint density at radius 2 is 1.34 bits per heavy atom. The standard InChI is InChI=1S/C39H56N16O24P4/c1-5-6-7-70-28-27(77-80(62,63)71-10-18-25(58)26(59)36(75-18)54-14-46-22-31(54)47-38(41)49-33(22)60)19(76-37(28)53-13-45-21-29(40)43-12-44-30(21)53)11-73-82(66,67)79-83(68,69)78-81(64,65)72-9-17-16(8-20(56)51(2)3)24(57)35(74-17)55-15-52(4)23-32(55)48-39(42)50-34(23)61/h12-19,24-28,35-37,57-59H,5-11H2,1-4H3,(H11-,40,41,42,43,44,47,48,49,50,60,61,62,63,64,65,66,67,68,69)/p+1/t16-,17-,18-,19-,24-,25-,26-,27-,28-,35?,36-,37-/m1/s1. The van der Waals surface area contributed by atoms with E-state index in [1.165, 1.54) is 52.4 Å². The van der Waals surface area contributed by atoms with Gasteiger partial charge in [0.15, 0.2) is 41.4 Å². The highest BCUT2D eigenvalue weighted by Crippen LogP contribution is 2.68. The number of phosphoric ester groups is 3. The maximum atomic E-state index is 14.0. The van der Waals surface area contributed by atoms with Crippen LogP contribution in [-0.4, -0.2) is 189 Å². The van der Waals surface area contributed by atoms with Crippen LogP contribution in [0.25, 0.3) is 33.5 Å². The number of aryl methyl sites for hydroxylation is 1. The molecular formula is C39H57N16O24P4+. The van der Waals surface area contributed by atoms with Gasteiger partial charge in [0.25, 0.3) is 17.1 Å². The highest BCUT2D eigenvalue weighted by Gasteiger charge is 2.54. The van der Waals surface area contributed by atoms with Crippen molar-refractivity contribution in [1.29, 1.82) is 0 Å². The smallest absolute Gasteiger partial charge is 0.387 e. The number of aromatic nitrogens is 12. The molecule has 6 aromatic rings. The van der Waals surface area contributed by atoms with E-state index in [-0.39, 0.29) is 57.8 Å². The van der Waals surface area contributed by atoms with Gasteiger partial charge in [-0.15, -0.1) is 0 Å². The third-order valence-corrected chi connectivity index (χ3v) is 18.4. The lowest BCUT2D eigenvalue weighted by Crippen LogP contribution is -2.45. The third kappa shape index (κ3) is 13.3. The van der Waals surface area contributed by atoms with E-state index in [0.717, 1.165) is 17.2 Å². The van der Waals surface area contributed by atoms with Crippen molar-refractivity contribution in [2.75, 3.05) is 57.7 Å². The summed E-state index contributed by atoms with van der Waals surface area (Å²) < 4.78 is 112. The molecule has 44 heteroatoms. The number of nitrogen functional groups attached to an aromatic ring is 3. The topological polar surface area (TPSA) is 562 Å². The summed E-state index contributed by atoms with van der Waals surface area (Å²) in [5.74, 6) is -2.49. The number of rotatable bonds is 24. The van der Waals surface area contributed by atoms with Crippen LogP contribution < -0.4 is 32.9 Å². The van der Waals surface area contributed by atoms with Gasteiger partial charge in [0.1, 0.15) is 54.6 Å². The molecule has 3 aliphatic rings. The van der Waals surface area contributed by atoms with Gasteiger partial charge in [0.2, 0.25) is 23.6 Å². The van der Waals surface area contributed by atoms with E-state index in [4.69, 9.17) is 54.2 Å². The number of ether oxygens (including phenoxy) is 4. The fraction of sp³-hybridized carbons (Fsp3) is 0.590. The zero-order valence-corrected chi connectivity index (χ0v) is 47.3. The van der Waals surface area contributed by atoms with Crippen molar-refractivity contribution < 1.29 is 108 Å². The predicted octanol–water partition coefficient (Wildman–Crippen LogP) is -2.81. The van der Waals surface area contributed by atoms with Crippen LogP contribution in [0.1, 0.15) is 44.9 Å². The van der Waals surface area contributed by atoms with E-state index < -0.39 is 148 Å². The summed E-state index contributed by atoms with van der Waals surface area (Å²) in [6.45, 7) is -1.58. The highest BCUT2D eigenvalue weighted by molar-refractivity contribution is 7.66. The molecule has 5 unspecified atom stereocenters. The SMILES string of the molecule is CCCCO[C@@H]1[C@H](OP(=O)(O)OC[C@H]2O[C@@H](n3cnc4c(=O)[nH]c(N)nc43)[C@H](O)[C@@H]2O)[C@@H](COP(=O)(O)OP(=O)(O)OP(=O)(O)OC[C@H]2OC([n+]3cn(C)c4c(=O)[nH]c(N)nc43)[C@H](O)[C@@H]2CC(=O)N(C)C)O[C@H]1n1cnc2c(N)ncnc21. The second-order valence-corrected chi connectivity index (χ2v) is 25.2. The van der Waals surface area contributed by atoms with Crippen LogP contribution in [0.5, 0.6) is 0 Å². The highest BCUT2D eigenvalue weighted by atomic mass is 31.3. The molecule has 3 fully saturated rings. The Morgan fingerprint density at radius 3 is 2.01 bits per heavy atom. The van der Waals surface area contributed by atoms with Gasteiger partial charge < -0.3 is 75.9 Å². The number of aromatic amines is 2. The summed E-state index contributed by atoms with van der Waals surface area (Å²) in [6.07, 6.45) is -12.9.